The van der Waals surface area contributed by atoms with Crippen LogP contribution in [0.25, 0.3) is 0 Å². The standard InChI is InChI=1S/C15H17Cl2NO/c1-2-7-18-14(15-4-3-8-19-15)9-11-5-6-12(16)10-13(11)17/h3-6,8,10,14,18H,2,7,9H2,1H3. The Kier molecular flexibility index (Phi) is 5.32. The van der Waals surface area contributed by atoms with Crippen molar-refractivity contribution < 1.29 is 4.42 Å². The zero-order chi connectivity index (χ0) is 13.7. The minimum atomic E-state index is 0.133. The maximum atomic E-state index is 6.23. The molecular formula is C15H17Cl2NO. The fourth-order valence-corrected chi connectivity index (χ4v) is 2.47. The SMILES string of the molecule is CCCNC(Cc1ccc(Cl)cc1Cl)c1ccco1. The molecular weight excluding hydrogens is 281 g/mol. The van der Waals surface area contributed by atoms with E-state index in [9.17, 15) is 0 Å². The van der Waals surface area contributed by atoms with Crippen molar-refractivity contribution in [1.29, 1.82) is 0 Å². The molecule has 1 atom stereocenters. The van der Waals surface area contributed by atoms with Gasteiger partial charge in [0.15, 0.2) is 0 Å². The quantitative estimate of drug-likeness (QED) is 0.823. The predicted octanol–water partition coefficient (Wildman–Crippen LogP) is 4.87. The van der Waals surface area contributed by atoms with E-state index in [1.165, 1.54) is 0 Å². The number of halogens is 2. The molecule has 0 saturated carbocycles. The molecule has 1 unspecified atom stereocenters. The van der Waals surface area contributed by atoms with E-state index in [0.717, 1.165) is 30.7 Å². The van der Waals surface area contributed by atoms with Crippen LogP contribution in [0.1, 0.15) is 30.7 Å². The summed E-state index contributed by atoms with van der Waals surface area (Å²) >= 11 is 12.1. The van der Waals surface area contributed by atoms with Crippen molar-refractivity contribution in [2.24, 2.45) is 0 Å². The number of hydrogen-bond donors (Lipinski definition) is 1. The summed E-state index contributed by atoms with van der Waals surface area (Å²) in [5.74, 6) is 0.930. The van der Waals surface area contributed by atoms with Crippen LogP contribution in [0, 0.1) is 0 Å². The monoisotopic (exact) mass is 297 g/mol. The van der Waals surface area contributed by atoms with Crippen LogP contribution in [-0.2, 0) is 6.42 Å². The fourth-order valence-electron chi connectivity index (χ4n) is 1.99. The highest BCUT2D eigenvalue weighted by molar-refractivity contribution is 6.35. The van der Waals surface area contributed by atoms with E-state index in [1.807, 2.05) is 24.3 Å². The van der Waals surface area contributed by atoms with Crippen LogP contribution in [0.2, 0.25) is 10.0 Å². The van der Waals surface area contributed by atoms with Gasteiger partial charge in [-0.05, 0) is 49.2 Å². The molecule has 2 aromatic rings. The van der Waals surface area contributed by atoms with Crippen LogP contribution < -0.4 is 5.32 Å². The lowest BCUT2D eigenvalue weighted by molar-refractivity contribution is 0.410. The summed E-state index contributed by atoms with van der Waals surface area (Å²) < 4.78 is 5.50. The van der Waals surface area contributed by atoms with E-state index in [4.69, 9.17) is 27.6 Å². The number of nitrogens with one attached hydrogen (secondary N) is 1. The van der Waals surface area contributed by atoms with E-state index in [0.29, 0.717) is 10.0 Å². The molecule has 1 heterocycles. The van der Waals surface area contributed by atoms with E-state index >= 15 is 0 Å². The fraction of sp³-hybridized carbons (Fsp3) is 0.333. The third-order valence-corrected chi connectivity index (χ3v) is 3.55. The normalized spacial score (nSPS) is 12.6. The minimum absolute atomic E-state index is 0.133. The molecule has 19 heavy (non-hydrogen) atoms. The van der Waals surface area contributed by atoms with Crippen molar-refractivity contribution in [2.45, 2.75) is 25.8 Å². The van der Waals surface area contributed by atoms with Gasteiger partial charge in [-0.15, -0.1) is 0 Å². The third kappa shape index (κ3) is 4.00. The summed E-state index contributed by atoms with van der Waals surface area (Å²) in [6.45, 7) is 3.08. The average Bonchev–Trinajstić information content (AvgIpc) is 2.90. The van der Waals surface area contributed by atoms with Crippen LogP contribution in [0.3, 0.4) is 0 Å². The molecule has 2 nitrogen and oxygen atoms in total. The lowest BCUT2D eigenvalue weighted by Gasteiger charge is -2.17. The van der Waals surface area contributed by atoms with Gasteiger partial charge < -0.3 is 9.73 Å². The molecule has 0 aliphatic carbocycles. The molecule has 1 N–H and O–H groups in total. The second kappa shape index (κ2) is 6.99. The summed E-state index contributed by atoms with van der Waals surface area (Å²) in [6, 6.07) is 9.62. The summed E-state index contributed by atoms with van der Waals surface area (Å²) in [5.41, 5.74) is 1.07. The second-order valence-electron chi connectivity index (χ2n) is 4.46. The minimum Gasteiger partial charge on any atom is -0.468 e. The molecule has 0 aliphatic rings. The number of rotatable bonds is 6. The predicted molar refractivity (Wildman–Crippen MR) is 79.9 cm³/mol. The van der Waals surface area contributed by atoms with Crippen LogP contribution in [0.15, 0.2) is 41.0 Å². The van der Waals surface area contributed by atoms with Crippen LogP contribution in [0.4, 0.5) is 0 Å². The molecule has 1 aromatic carbocycles. The van der Waals surface area contributed by atoms with Gasteiger partial charge in [0.1, 0.15) is 5.76 Å². The Morgan fingerprint density at radius 2 is 2.11 bits per heavy atom. The summed E-state index contributed by atoms with van der Waals surface area (Å²) in [5, 5.41) is 4.83. The zero-order valence-corrected chi connectivity index (χ0v) is 12.3. The molecule has 0 amide bonds. The maximum Gasteiger partial charge on any atom is 0.121 e. The van der Waals surface area contributed by atoms with Crippen molar-refractivity contribution in [3.8, 4) is 0 Å². The first kappa shape index (κ1) is 14.4. The largest absolute Gasteiger partial charge is 0.468 e. The molecule has 0 fully saturated rings. The average molecular weight is 298 g/mol. The Morgan fingerprint density at radius 1 is 1.26 bits per heavy atom. The van der Waals surface area contributed by atoms with Crippen LogP contribution in [0.5, 0.6) is 0 Å². The molecule has 4 heteroatoms. The first-order valence-corrected chi connectivity index (χ1v) is 7.17. The van der Waals surface area contributed by atoms with Gasteiger partial charge in [-0.2, -0.15) is 0 Å². The second-order valence-corrected chi connectivity index (χ2v) is 5.31. The van der Waals surface area contributed by atoms with Crippen molar-refractivity contribution >= 4 is 23.2 Å². The van der Waals surface area contributed by atoms with Gasteiger partial charge in [0.05, 0.1) is 12.3 Å². The van der Waals surface area contributed by atoms with Gasteiger partial charge in [-0.25, -0.2) is 0 Å². The lowest BCUT2D eigenvalue weighted by Crippen LogP contribution is -2.23. The van der Waals surface area contributed by atoms with Crippen molar-refractivity contribution in [3.63, 3.8) is 0 Å². The molecule has 0 saturated heterocycles. The van der Waals surface area contributed by atoms with E-state index < -0.39 is 0 Å². The molecule has 102 valence electrons. The van der Waals surface area contributed by atoms with E-state index in [2.05, 4.69) is 12.2 Å². The van der Waals surface area contributed by atoms with Crippen LogP contribution in [-0.4, -0.2) is 6.54 Å². The highest BCUT2D eigenvalue weighted by atomic mass is 35.5. The van der Waals surface area contributed by atoms with Crippen molar-refractivity contribution in [1.82, 2.24) is 5.32 Å². The van der Waals surface area contributed by atoms with E-state index in [-0.39, 0.29) is 6.04 Å². The summed E-state index contributed by atoms with van der Waals surface area (Å²) in [4.78, 5) is 0. The Bertz CT molecular complexity index is 511. The topological polar surface area (TPSA) is 25.2 Å². The van der Waals surface area contributed by atoms with Gasteiger partial charge in [-0.1, -0.05) is 36.2 Å². The third-order valence-electron chi connectivity index (χ3n) is 2.97. The Morgan fingerprint density at radius 3 is 2.74 bits per heavy atom. The van der Waals surface area contributed by atoms with Crippen molar-refractivity contribution in [3.05, 3.63) is 58.0 Å². The molecule has 0 bridgehead atoms. The summed E-state index contributed by atoms with van der Waals surface area (Å²) in [6.07, 6.45) is 3.55. The molecule has 0 radical (unpaired) electrons. The number of benzene rings is 1. The maximum absolute atomic E-state index is 6.23. The highest BCUT2D eigenvalue weighted by Crippen LogP contribution is 2.26. The lowest BCUT2D eigenvalue weighted by atomic mass is 10.0. The van der Waals surface area contributed by atoms with Gasteiger partial charge in [0.2, 0.25) is 0 Å². The Hall–Kier alpha value is -0.960. The van der Waals surface area contributed by atoms with Gasteiger partial charge in [0.25, 0.3) is 0 Å². The van der Waals surface area contributed by atoms with Gasteiger partial charge in [-0.3, -0.25) is 0 Å². The smallest absolute Gasteiger partial charge is 0.121 e. The Labute approximate surface area is 123 Å². The molecule has 0 spiro atoms. The number of hydrogen-bond acceptors (Lipinski definition) is 2. The molecule has 2 rings (SSSR count). The molecule has 0 aliphatic heterocycles. The van der Waals surface area contributed by atoms with Crippen molar-refractivity contribution in [2.75, 3.05) is 6.54 Å². The molecule has 1 aromatic heterocycles. The zero-order valence-electron chi connectivity index (χ0n) is 10.8. The van der Waals surface area contributed by atoms with Gasteiger partial charge in [0, 0.05) is 10.0 Å². The highest BCUT2D eigenvalue weighted by Gasteiger charge is 2.15. The van der Waals surface area contributed by atoms with Crippen LogP contribution >= 0.6 is 23.2 Å². The summed E-state index contributed by atoms with van der Waals surface area (Å²) in [7, 11) is 0. The van der Waals surface area contributed by atoms with E-state index in [1.54, 1.807) is 12.3 Å². The first-order chi connectivity index (χ1) is 9.20. The Balaban J connectivity index is 2.15. The number of furan rings is 1. The van der Waals surface area contributed by atoms with Gasteiger partial charge >= 0.3 is 0 Å². The first-order valence-electron chi connectivity index (χ1n) is 6.41.